The van der Waals surface area contributed by atoms with Crippen molar-refractivity contribution in [2.24, 2.45) is 5.92 Å². The fourth-order valence-corrected chi connectivity index (χ4v) is 4.18. The predicted octanol–water partition coefficient (Wildman–Crippen LogP) is 3.44. The van der Waals surface area contributed by atoms with Crippen molar-refractivity contribution in [2.45, 2.75) is 46.1 Å². The van der Waals surface area contributed by atoms with Crippen LogP contribution in [0.5, 0.6) is 0 Å². The highest BCUT2D eigenvalue weighted by Gasteiger charge is 2.32. The molecular formula is C27H35N3O3. The van der Waals surface area contributed by atoms with Crippen LogP contribution in [0.4, 0.5) is 0 Å². The Morgan fingerprint density at radius 2 is 1.48 bits per heavy atom. The molecule has 2 aromatic rings. The number of amides is 3. The van der Waals surface area contributed by atoms with Crippen molar-refractivity contribution in [1.82, 2.24) is 15.1 Å². The van der Waals surface area contributed by atoms with Crippen LogP contribution in [0.1, 0.15) is 48.2 Å². The van der Waals surface area contributed by atoms with Crippen LogP contribution in [0.25, 0.3) is 0 Å². The van der Waals surface area contributed by atoms with Gasteiger partial charge in [-0.2, -0.15) is 0 Å². The largest absolute Gasteiger partial charge is 0.340 e. The number of nitrogens with zero attached hydrogens (tertiary/aromatic N) is 2. The fourth-order valence-electron chi connectivity index (χ4n) is 4.18. The van der Waals surface area contributed by atoms with Crippen molar-refractivity contribution in [3.8, 4) is 0 Å². The van der Waals surface area contributed by atoms with E-state index in [0.717, 1.165) is 18.4 Å². The number of hydrogen-bond acceptors (Lipinski definition) is 3. The number of nitrogens with one attached hydrogen (secondary N) is 1. The van der Waals surface area contributed by atoms with Gasteiger partial charge in [-0.1, -0.05) is 62.4 Å². The summed E-state index contributed by atoms with van der Waals surface area (Å²) in [6.07, 6.45) is 2.23. The Kier molecular flexibility index (Phi) is 8.64. The van der Waals surface area contributed by atoms with E-state index in [1.807, 2.05) is 62.1 Å². The maximum atomic E-state index is 13.2. The first-order chi connectivity index (χ1) is 15.9. The quantitative estimate of drug-likeness (QED) is 0.671. The van der Waals surface area contributed by atoms with E-state index in [9.17, 15) is 14.4 Å². The van der Waals surface area contributed by atoms with E-state index >= 15 is 0 Å². The summed E-state index contributed by atoms with van der Waals surface area (Å²) in [6, 6.07) is 17.0. The van der Waals surface area contributed by atoms with Gasteiger partial charge in [-0.3, -0.25) is 14.4 Å². The van der Waals surface area contributed by atoms with Gasteiger partial charge in [0.15, 0.2) is 0 Å². The number of rotatable bonds is 8. The number of benzene rings is 2. The minimum Gasteiger partial charge on any atom is -0.340 e. The molecule has 0 aliphatic carbocycles. The number of piperazine rings is 1. The van der Waals surface area contributed by atoms with Crippen molar-refractivity contribution in [2.75, 3.05) is 26.2 Å². The third kappa shape index (κ3) is 6.67. The molecule has 1 atom stereocenters. The van der Waals surface area contributed by atoms with E-state index in [2.05, 4.69) is 17.4 Å². The highest BCUT2D eigenvalue weighted by molar-refractivity contribution is 5.98. The maximum absolute atomic E-state index is 13.2. The molecule has 1 fully saturated rings. The number of carbonyl (C=O) groups excluding carboxylic acids is 3. The normalized spacial score (nSPS) is 14.8. The lowest BCUT2D eigenvalue weighted by Gasteiger charge is -2.37. The van der Waals surface area contributed by atoms with Gasteiger partial charge < -0.3 is 15.1 Å². The van der Waals surface area contributed by atoms with E-state index in [1.54, 1.807) is 11.0 Å². The highest BCUT2D eigenvalue weighted by atomic mass is 16.2. The molecule has 0 radical (unpaired) electrons. The van der Waals surface area contributed by atoms with Crippen LogP contribution >= 0.6 is 0 Å². The van der Waals surface area contributed by atoms with Crippen LogP contribution in [0.15, 0.2) is 54.6 Å². The third-order valence-corrected chi connectivity index (χ3v) is 6.25. The Labute approximate surface area is 197 Å². The molecular weight excluding hydrogens is 414 g/mol. The second kappa shape index (κ2) is 11.6. The number of aryl methyl sites for hydroxylation is 2. The second-order valence-electron chi connectivity index (χ2n) is 9.06. The molecule has 1 unspecified atom stereocenters. The van der Waals surface area contributed by atoms with Crippen LogP contribution in [-0.2, 0) is 16.0 Å². The van der Waals surface area contributed by atoms with Crippen LogP contribution < -0.4 is 5.32 Å². The summed E-state index contributed by atoms with van der Waals surface area (Å²) in [5.41, 5.74) is 2.71. The highest BCUT2D eigenvalue weighted by Crippen LogP contribution is 2.14. The van der Waals surface area contributed by atoms with Gasteiger partial charge >= 0.3 is 0 Å². The molecule has 0 spiro atoms. The molecule has 3 amide bonds. The summed E-state index contributed by atoms with van der Waals surface area (Å²) in [6.45, 7) is 7.82. The lowest BCUT2D eigenvalue weighted by molar-refractivity contribution is -0.141. The molecule has 1 saturated heterocycles. The Morgan fingerprint density at radius 1 is 0.879 bits per heavy atom. The molecule has 1 aliphatic rings. The first-order valence-electron chi connectivity index (χ1n) is 11.8. The Balaban J connectivity index is 1.49. The maximum Gasteiger partial charge on any atom is 0.252 e. The first kappa shape index (κ1) is 24.5. The molecule has 1 heterocycles. The van der Waals surface area contributed by atoms with Crippen molar-refractivity contribution in [1.29, 1.82) is 0 Å². The van der Waals surface area contributed by atoms with Crippen molar-refractivity contribution >= 4 is 17.7 Å². The van der Waals surface area contributed by atoms with E-state index < -0.39 is 6.04 Å². The molecule has 6 nitrogen and oxygen atoms in total. The molecule has 3 rings (SSSR count). The van der Waals surface area contributed by atoms with Gasteiger partial charge in [0.1, 0.15) is 6.04 Å². The van der Waals surface area contributed by atoms with Gasteiger partial charge in [0.2, 0.25) is 11.8 Å². The van der Waals surface area contributed by atoms with E-state index in [4.69, 9.17) is 0 Å². The van der Waals surface area contributed by atoms with E-state index in [1.165, 1.54) is 5.56 Å². The summed E-state index contributed by atoms with van der Waals surface area (Å²) in [5, 5.41) is 2.94. The minimum atomic E-state index is -0.592. The van der Waals surface area contributed by atoms with Gasteiger partial charge in [-0.05, 0) is 42.9 Å². The molecule has 1 aliphatic heterocycles. The summed E-state index contributed by atoms with van der Waals surface area (Å²) in [4.78, 5) is 42.2. The predicted molar refractivity (Wildman–Crippen MR) is 130 cm³/mol. The molecule has 176 valence electrons. The van der Waals surface area contributed by atoms with Gasteiger partial charge in [0, 0.05) is 38.2 Å². The Bertz CT molecular complexity index is 950. The van der Waals surface area contributed by atoms with Crippen molar-refractivity contribution < 1.29 is 14.4 Å². The summed E-state index contributed by atoms with van der Waals surface area (Å²) in [7, 11) is 0. The summed E-state index contributed by atoms with van der Waals surface area (Å²) < 4.78 is 0. The van der Waals surface area contributed by atoms with Crippen LogP contribution in [0, 0.1) is 12.8 Å². The van der Waals surface area contributed by atoms with Crippen molar-refractivity contribution in [3.05, 3.63) is 71.3 Å². The minimum absolute atomic E-state index is 0.0388. The van der Waals surface area contributed by atoms with Gasteiger partial charge in [0.25, 0.3) is 5.91 Å². The lowest BCUT2D eigenvalue weighted by atomic mass is 10.0. The average molecular weight is 450 g/mol. The van der Waals surface area contributed by atoms with Crippen LogP contribution in [-0.4, -0.2) is 59.7 Å². The zero-order valence-electron chi connectivity index (χ0n) is 19.9. The first-order valence-corrected chi connectivity index (χ1v) is 11.8. The molecule has 33 heavy (non-hydrogen) atoms. The summed E-state index contributed by atoms with van der Waals surface area (Å²) in [5.74, 6) is -0.204. The standard InChI is InChI=1S/C27H35N3O3/c1-20(2)25(28-26(32)23-14-8-7-10-21(23)3)27(33)30-18-16-29(17-19-30)24(31)15-9-13-22-11-5-4-6-12-22/h4-8,10-12,14,20,25H,9,13,15-19H2,1-3H3,(H,28,32). The average Bonchev–Trinajstić information content (AvgIpc) is 2.82. The van der Waals surface area contributed by atoms with E-state index in [-0.39, 0.29) is 23.6 Å². The Hall–Kier alpha value is -3.15. The topological polar surface area (TPSA) is 69.7 Å². The number of hydrogen-bond donors (Lipinski definition) is 1. The second-order valence-corrected chi connectivity index (χ2v) is 9.06. The Morgan fingerprint density at radius 3 is 2.12 bits per heavy atom. The SMILES string of the molecule is Cc1ccccc1C(=O)NC(C(=O)N1CCN(C(=O)CCCc2ccccc2)CC1)C(C)C. The van der Waals surface area contributed by atoms with Gasteiger partial charge in [0.05, 0.1) is 0 Å². The molecule has 0 bridgehead atoms. The molecule has 0 saturated carbocycles. The van der Waals surface area contributed by atoms with Crippen molar-refractivity contribution in [3.63, 3.8) is 0 Å². The summed E-state index contributed by atoms with van der Waals surface area (Å²) >= 11 is 0. The van der Waals surface area contributed by atoms with Gasteiger partial charge in [-0.25, -0.2) is 0 Å². The van der Waals surface area contributed by atoms with Crippen LogP contribution in [0.3, 0.4) is 0 Å². The molecule has 0 aromatic heterocycles. The zero-order valence-corrected chi connectivity index (χ0v) is 19.9. The lowest BCUT2D eigenvalue weighted by Crippen LogP contribution is -2.57. The smallest absolute Gasteiger partial charge is 0.252 e. The zero-order chi connectivity index (χ0) is 23.8. The van der Waals surface area contributed by atoms with Crippen LogP contribution in [0.2, 0.25) is 0 Å². The monoisotopic (exact) mass is 449 g/mol. The number of carbonyl (C=O) groups is 3. The molecule has 6 heteroatoms. The third-order valence-electron chi connectivity index (χ3n) is 6.25. The van der Waals surface area contributed by atoms with Gasteiger partial charge in [-0.15, -0.1) is 0 Å². The fraction of sp³-hybridized carbons (Fsp3) is 0.444. The molecule has 2 aromatic carbocycles. The van der Waals surface area contributed by atoms with E-state index in [0.29, 0.717) is 38.2 Å². The molecule has 1 N–H and O–H groups in total.